The number of aromatic nitrogens is 2. The molecule has 1 aliphatic heterocycles. The van der Waals surface area contributed by atoms with Crippen molar-refractivity contribution in [1.29, 1.82) is 0 Å². The van der Waals surface area contributed by atoms with Crippen molar-refractivity contribution in [1.82, 2.24) is 24.9 Å². The maximum atomic E-state index is 12.9. The molecule has 148 valence electrons. The van der Waals surface area contributed by atoms with E-state index >= 15 is 0 Å². The molecule has 0 spiro atoms. The highest BCUT2D eigenvalue weighted by Gasteiger charge is 2.41. The van der Waals surface area contributed by atoms with Gasteiger partial charge in [0.05, 0.1) is 6.20 Å². The number of hydrogen-bond acceptors (Lipinski definition) is 3. The predicted molar refractivity (Wildman–Crippen MR) is 96.2 cm³/mol. The fourth-order valence-corrected chi connectivity index (χ4v) is 2.96. The molecule has 1 aliphatic rings. The lowest BCUT2D eigenvalue weighted by atomic mass is 10.2. The topological polar surface area (TPSA) is 48.7 Å². The molecule has 0 aliphatic carbocycles. The Morgan fingerprint density at radius 2 is 2.00 bits per heavy atom. The minimum Gasteiger partial charge on any atom is -0.357 e. The van der Waals surface area contributed by atoms with Crippen LogP contribution in [0.25, 0.3) is 0 Å². The van der Waals surface area contributed by atoms with E-state index in [1.165, 1.54) is 11.8 Å². The van der Waals surface area contributed by atoms with Crippen LogP contribution in [0, 0.1) is 6.92 Å². The molecule has 1 N–H and O–H groups in total. The second-order valence-corrected chi connectivity index (χ2v) is 6.61. The van der Waals surface area contributed by atoms with E-state index in [1.807, 2.05) is 35.8 Å². The second kappa shape index (κ2) is 9.25. The van der Waals surface area contributed by atoms with Gasteiger partial charge in [-0.3, -0.25) is 14.6 Å². The standard InChI is InChI=1S/C17H29F3N6/c1-4-21-16(22-6-5-7-26-13-14(2)12-23-26)25-10-8-24(9-11-25)15(3)17(18,19)20/h12-13,15H,4-11H2,1-3H3,(H,21,22). The van der Waals surface area contributed by atoms with Gasteiger partial charge in [-0.05, 0) is 32.8 Å². The molecule has 0 saturated carbocycles. The summed E-state index contributed by atoms with van der Waals surface area (Å²) in [5.41, 5.74) is 1.13. The van der Waals surface area contributed by atoms with Crippen molar-refractivity contribution in [3.8, 4) is 0 Å². The van der Waals surface area contributed by atoms with Crippen molar-refractivity contribution >= 4 is 5.96 Å². The molecule has 1 unspecified atom stereocenters. The predicted octanol–water partition coefficient (Wildman–Crippen LogP) is 2.12. The molecule has 0 aromatic carbocycles. The fraction of sp³-hybridized carbons (Fsp3) is 0.765. The zero-order chi connectivity index (χ0) is 19.2. The molecule has 26 heavy (non-hydrogen) atoms. The number of guanidine groups is 1. The lowest BCUT2D eigenvalue weighted by molar-refractivity contribution is -0.181. The summed E-state index contributed by atoms with van der Waals surface area (Å²) in [5, 5.41) is 7.49. The number of aryl methyl sites for hydroxylation is 2. The van der Waals surface area contributed by atoms with E-state index in [0.29, 0.717) is 32.7 Å². The van der Waals surface area contributed by atoms with Crippen molar-refractivity contribution < 1.29 is 13.2 Å². The van der Waals surface area contributed by atoms with Gasteiger partial charge in [0, 0.05) is 52.0 Å². The van der Waals surface area contributed by atoms with Gasteiger partial charge in [0.15, 0.2) is 5.96 Å². The molecule has 1 aromatic heterocycles. The third-order valence-electron chi connectivity index (χ3n) is 4.54. The monoisotopic (exact) mass is 374 g/mol. The Balaban J connectivity index is 1.83. The van der Waals surface area contributed by atoms with Gasteiger partial charge < -0.3 is 10.2 Å². The fourth-order valence-electron chi connectivity index (χ4n) is 2.96. The van der Waals surface area contributed by atoms with Gasteiger partial charge in [-0.25, -0.2) is 0 Å². The summed E-state index contributed by atoms with van der Waals surface area (Å²) in [6.07, 6.45) is 0.511. The van der Waals surface area contributed by atoms with Crippen LogP contribution in [-0.2, 0) is 6.54 Å². The summed E-state index contributed by atoms with van der Waals surface area (Å²) < 4.78 is 40.5. The summed E-state index contributed by atoms with van der Waals surface area (Å²) in [5.74, 6) is 0.781. The Morgan fingerprint density at radius 3 is 2.54 bits per heavy atom. The molecule has 1 fully saturated rings. The van der Waals surface area contributed by atoms with Gasteiger partial charge in [-0.1, -0.05) is 0 Å². The first-order valence-electron chi connectivity index (χ1n) is 9.14. The van der Waals surface area contributed by atoms with Crippen molar-refractivity contribution in [3.05, 3.63) is 18.0 Å². The molecular formula is C17H29F3N6. The summed E-state index contributed by atoms with van der Waals surface area (Å²) in [4.78, 5) is 8.16. The molecule has 2 heterocycles. The lowest BCUT2D eigenvalue weighted by Gasteiger charge is -2.39. The minimum atomic E-state index is -4.17. The molecule has 0 amide bonds. The number of piperazine rings is 1. The molecule has 1 atom stereocenters. The van der Waals surface area contributed by atoms with Crippen molar-refractivity contribution in [2.45, 2.75) is 46.0 Å². The minimum absolute atomic E-state index is 0.387. The molecule has 6 nitrogen and oxygen atoms in total. The second-order valence-electron chi connectivity index (χ2n) is 6.61. The maximum absolute atomic E-state index is 12.9. The number of aliphatic imine (C=N–C) groups is 1. The Hall–Kier alpha value is -1.77. The number of nitrogens with zero attached hydrogens (tertiary/aromatic N) is 5. The van der Waals surface area contributed by atoms with Crippen LogP contribution < -0.4 is 5.32 Å². The summed E-state index contributed by atoms with van der Waals surface area (Å²) >= 11 is 0. The largest absolute Gasteiger partial charge is 0.403 e. The highest BCUT2D eigenvalue weighted by atomic mass is 19.4. The molecule has 9 heteroatoms. The summed E-state index contributed by atoms with van der Waals surface area (Å²) in [6.45, 7) is 9.27. The zero-order valence-corrected chi connectivity index (χ0v) is 15.8. The van der Waals surface area contributed by atoms with Crippen molar-refractivity contribution in [2.24, 2.45) is 4.99 Å². The Morgan fingerprint density at radius 1 is 1.31 bits per heavy atom. The molecule has 1 aromatic rings. The van der Waals surface area contributed by atoms with Gasteiger partial charge in [0.1, 0.15) is 6.04 Å². The van der Waals surface area contributed by atoms with Crippen LogP contribution in [0.3, 0.4) is 0 Å². The maximum Gasteiger partial charge on any atom is 0.403 e. The smallest absolute Gasteiger partial charge is 0.357 e. The van der Waals surface area contributed by atoms with Gasteiger partial charge in [-0.15, -0.1) is 0 Å². The number of halogens is 3. The third-order valence-corrected chi connectivity index (χ3v) is 4.54. The van der Waals surface area contributed by atoms with Crippen LogP contribution in [0.1, 0.15) is 25.8 Å². The summed E-state index contributed by atoms with van der Waals surface area (Å²) in [7, 11) is 0. The van der Waals surface area contributed by atoms with E-state index in [9.17, 15) is 13.2 Å². The molecule has 0 radical (unpaired) electrons. The van der Waals surface area contributed by atoms with E-state index < -0.39 is 12.2 Å². The highest BCUT2D eigenvalue weighted by molar-refractivity contribution is 5.80. The van der Waals surface area contributed by atoms with Gasteiger partial charge in [0.25, 0.3) is 0 Å². The third kappa shape index (κ3) is 5.89. The SMILES string of the molecule is CCNC(=NCCCn1cc(C)cn1)N1CCN(C(C)C(F)(F)F)CC1. The number of alkyl halides is 3. The summed E-state index contributed by atoms with van der Waals surface area (Å²) in [6, 6.07) is -1.40. The van der Waals surface area contributed by atoms with Crippen LogP contribution in [0.15, 0.2) is 17.4 Å². The van der Waals surface area contributed by atoms with E-state index in [-0.39, 0.29) is 0 Å². The normalized spacial score (nSPS) is 18.2. The average Bonchev–Trinajstić information content (AvgIpc) is 3.01. The van der Waals surface area contributed by atoms with Crippen molar-refractivity contribution in [3.63, 3.8) is 0 Å². The number of hydrogen-bond donors (Lipinski definition) is 1. The zero-order valence-electron chi connectivity index (χ0n) is 15.8. The average molecular weight is 374 g/mol. The first-order chi connectivity index (χ1) is 12.3. The van der Waals surface area contributed by atoms with Gasteiger partial charge in [-0.2, -0.15) is 18.3 Å². The van der Waals surface area contributed by atoms with Crippen molar-refractivity contribution in [2.75, 3.05) is 39.3 Å². The van der Waals surface area contributed by atoms with E-state index in [0.717, 1.165) is 31.0 Å². The highest BCUT2D eigenvalue weighted by Crippen LogP contribution is 2.25. The van der Waals surface area contributed by atoms with E-state index in [4.69, 9.17) is 0 Å². The van der Waals surface area contributed by atoms with Crippen LogP contribution in [0.2, 0.25) is 0 Å². The lowest BCUT2D eigenvalue weighted by Crippen LogP contribution is -2.56. The molecule has 0 bridgehead atoms. The quantitative estimate of drug-likeness (QED) is 0.471. The van der Waals surface area contributed by atoms with Gasteiger partial charge >= 0.3 is 6.18 Å². The number of nitrogens with one attached hydrogen (secondary N) is 1. The van der Waals surface area contributed by atoms with Crippen LogP contribution in [-0.4, -0.2) is 77.0 Å². The van der Waals surface area contributed by atoms with E-state index in [1.54, 1.807) is 0 Å². The Bertz CT molecular complexity index is 575. The molecular weight excluding hydrogens is 345 g/mol. The van der Waals surface area contributed by atoms with Crippen LogP contribution in [0.4, 0.5) is 13.2 Å². The van der Waals surface area contributed by atoms with Crippen LogP contribution >= 0.6 is 0 Å². The van der Waals surface area contributed by atoms with E-state index in [2.05, 4.69) is 15.4 Å². The number of rotatable bonds is 6. The molecule has 1 saturated heterocycles. The molecule has 2 rings (SSSR count). The first-order valence-corrected chi connectivity index (χ1v) is 9.14. The Kier molecular flexibility index (Phi) is 7.31. The Labute approximate surface area is 153 Å². The first kappa shape index (κ1) is 20.5. The van der Waals surface area contributed by atoms with Gasteiger partial charge in [0.2, 0.25) is 0 Å². The van der Waals surface area contributed by atoms with Crippen LogP contribution in [0.5, 0.6) is 0 Å².